The van der Waals surface area contributed by atoms with Gasteiger partial charge in [0.25, 0.3) is 5.91 Å². The number of carboxylic acid groups (broad SMARTS) is 2. The van der Waals surface area contributed by atoms with Gasteiger partial charge in [-0.05, 0) is 25.0 Å². The molecule has 1 aliphatic heterocycles. The van der Waals surface area contributed by atoms with E-state index in [1.165, 1.54) is 16.7 Å². The van der Waals surface area contributed by atoms with Gasteiger partial charge < -0.3 is 14.9 Å². The van der Waals surface area contributed by atoms with Crippen LogP contribution in [0.3, 0.4) is 0 Å². The lowest BCUT2D eigenvalue weighted by Gasteiger charge is -2.13. The van der Waals surface area contributed by atoms with Crippen molar-refractivity contribution in [2.75, 3.05) is 13.2 Å². The van der Waals surface area contributed by atoms with Crippen LogP contribution in [0.4, 0.5) is 0 Å². The third-order valence-electron chi connectivity index (χ3n) is 3.70. The Morgan fingerprint density at radius 2 is 1.89 bits per heavy atom. The van der Waals surface area contributed by atoms with E-state index in [1.807, 2.05) is 0 Å². The van der Waals surface area contributed by atoms with Crippen molar-refractivity contribution in [1.82, 2.24) is 4.90 Å². The molecule has 0 spiro atoms. The van der Waals surface area contributed by atoms with Gasteiger partial charge in [0.1, 0.15) is 10.1 Å². The summed E-state index contributed by atoms with van der Waals surface area (Å²) in [5, 5.41) is 17.4. The molecule has 1 aliphatic rings. The molecule has 0 radical (unpaired) electrons. The molecule has 0 unspecified atom stereocenters. The van der Waals surface area contributed by atoms with Crippen molar-refractivity contribution in [3.8, 4) is 5.75 Å². The SMILES string of the molecule is O=C(O)CCCCCN1C(=O)/C(=C\c2ccccc2OCC(=O)O)SC1=S. The minimum atomic E-state index is -1.08. The highest BCUT2D eigenvalue weighted by atomic mass is 32.2. The van der Waals surface area contributed by atoms with E-state index in [1.54, 1.807) is 30.3 Å². The van der Waals surface area contributed by atoms with Gasteiger partial charge in [-0.2, -0.15) is 0 Å². The Bertz CT molecular complexity index is 777. The van der Waals surface area contributed by atoms with Crippen LogP contribution in [-0.4, -0.2) is 50.4 Å². The van der Waals surface area contributed by atoms with Gasteiger partial charge in [0.2, 0.25) is 0 Å². The van der Waals surface area contributed by atoms with E-state index >= 15 is 0 Å². The number of carbonyl (C=O) groups excluding carboxylic acids is 1. The molecule has 1 heterocycles. The number of para-hydroxylation sites is 1. The van der Waals surface area contributed by atoms with Gasteiger partial charge in [0.15, 0.2) is 6.61 Å². The first-order valence-corrected chi connectivity index (χ1v) is 9.51. The number of carbonyl (C=O) groups is 3. The molecule has 1 aromatic carbocycles. The fourth-order valence-electron chi connectivity index (χ4n) is 2.43. The predicted octanol–water partition coefficient (Wildman–Crippen LogP) is 3.00. The molecular formula is C18H19NO6S2. The number of carboxylic acids is 2. The number of benzene rings is 1. The van der Waals surface area contributed by atoms with E-state index in [0.29, 0.717) is 46.3 Å². The van der Waals surface area contributed by atoms with Gasteiger partial charge in [-0.25, -0.2) is 4.79 Å². The molecule has 1 saturated heterocycles. The summed E-state index contributed by atoms with van der Waals surface area (Å²) in [5.74, 6) is -1.75. The number of thioether (sulfide) groups is 1. The van der Waals surface area contributed by atoms with Crippen LogP contribution in [0.1, 0.15) is 31.2 Å². The maximum absolute atomic E-state index is 12.6. The molecule has 1 fully saturated rings. The summed E-state index contributed by atoms with van der Waals surface area (Å²) in [4.78, 5) is 35.7. The number of unbranched alkanes of at least 4 members (excludes halogenated alkanes) is 2. The van der Waals surface area contributed by atoms with E-state index in [-0.39, 0.29) is 12.3 Å². The number of amides is 1. The molecule has 0 atom stereocenters. The fraction of sp³-hybridized carbons (Fsp3) is 0.333. The third kappa shape index (κ3) is 6.37. The zero-order valence-corrected chi connectivity index (χ0v) is 16.1. The highest BCUT2D eigenvalue weighted by molar-refractivity contribution is 8.26. The summed E-state index contributed by atoms with van der Waals surface area (Å²) in [6, 6.07) is 6.85. The first-order valence-electron chi connectivity index (χ1n) is 8.29. The zero-order valence-electron chi connectivity index (χ0n) is 14.4. The van der Waals surface area contributed by atoms with E-state index in [4.69, 9.17) is 27.2 Å². The Kier molecular flexibility index (Phi) is 7.81. The Morgan fingerprint density at radius 3 is 2.59 bits per heavy atom. The minimum absolute atomic E-state index is 0.116. The van der Waals surface area contributed by atoms with Gasteiger partial charge in [-0.15, -0.1) is 0 Å². The van der Waals surface area contributed by atoms with Crippen molar-refractivity contribution in [1.29, 1.82) is 0 Å². The summed E-state index contributed by atoms with van der Waals surface area (Å²) in [6.45, 7) is -0.0268. The number of hydrogen-bond acceptors (Lipinski definition) is 6. The van der Waals surface area contributed by atoms with Crippen molar-refractivity contribution < 1.29 is 29.3 Å². The maximum atomic E-state index is 12.6. The molecule has 1 amide bonds. The monoisotopic (exact) mass is 409 g/mol. The fourth-order valence-corrected chi connectivity index (χ4v) is 3.73. The summed E-state index contributed by atoms with van der Waals surface area (Å²) in [6.07, 6.45) is 3.69. The Morgan fingerprint density at radius 1 is 1.15 bits per heavy atom. The normalized spacial score (nSPS) is 15.4. The molecule has 2 rings (SSSR count). The number of ether oxygens (including phenoxy) is 1. The highest BCUT2D eigenvalue weighted by Gasteiger charge is 2.31. The van der Waals surface area contributed by atoms with Crippen molar-refractivity contribution in [3.05, 3.63) is 34.7 Å². The smallest absolute Gasteiger partial charge is 0.341 e. The predicted molar refractivity (Wildman–Crippen MR) is 106 cm³/mol. The number of rotatable bonds is 10. The first-order chi connectivity index (χ1) is 12.9. The van der Waals surface area contributed by atoms with Crippen LogP contribution in [0.2, 0.25) is 0 Å². The van der Waals surface area contributed by atoms with Crippen molar-refractivity contribution >= 4 is 52.2 Å². The summed E-state index contributed by atoms with van der Waals surface area (Å²) >= 11 is 6.45. The summed E-state index contributed by atoms with van der Waals surface area (Å²) in [7, 11) is 0. The lowest BCUT2D eigenvalue weighted by atomic mass is 10.1. The molecule has 2 N–H and O–H groups in total. The Labute approximate surface area is 166 Å². The van der Waals surface area contributed by atoms with Gasteiger partial charge in [0, 0.05) is 18.5 Å². The standard InChI is InChI=1S/C18H19NO6S2/c20-15(21)8-2-1-5-9-19-17(24)14(27-18(19)26)10-12-6-3-4-7-13(12)25-11-16(22)23/h3-4,6-7,10H,1-2,5,8-9,11H2,(H,20,21)(H,22,23)/b14-10+. The first kappa shape index (κ1) is 20.9. The summed E-state index contributed by atoms with van der Waals surface area (Å²) in [5.41, 5.74) is 0.598. The Hall–Kier alpha value is -2.39. The number of hydrogen-bond donors (Lipinski definition) is 2. The second-order valence-corrected chi connectivity index (χ2v) is 7.43. The largest absolute Gasteiger partial charge is 0.481 e. The molecule has 7 nitrogen and oxygen atoms in total. The van der Waals surface area contributed by atoms with Crippen LogP contribution >= 0.6 is 24.0 Å². The average Bonchev–Trinajstić information content (AvgIpc) is 2.87. The van der Waals surface area contributed by atoms with Gasteiger partial charge >= 0.3 is 11.9 Å². The molecule has 0 saturated carbocycles. The van der Waals surface area contributed by atoms with Gasteiger partial charge in [0.05, 0.1) is 4.91 Å². The topological polar surface area (TPSA) is 104 Å². The van der Waals surface area contributed by atoms with E-state index in [9.17, 15) is 14.4 Å². The number of thiocarbonyl (C=S) groups is 1. The van der Waals surface area contributed by atoms with Crippen LogP contribution in [0.15, 0.2) is 29.2 Å². The van der Waals surface area contributed by atoms with Crippen molar-refractivity contribution in [2.24, 2.45) is 0 Å². The van der Waals surface area contributed by atoms with Crippen molar-refractivity contribution in [3.63, 3.8) is 0 Å². The second-order valence-electron chi connectivity index (χ2n) is 5.76. The lowest BCUT2D eigenvalue weighted by Crippen LogP contribution is -2.29. The molecule has 0 aliphatic carbocycles. The average molecular weight is 409 g/mol. The molecule has 0 bridgehead atoms. The van der Waals surface area contributed by atoms with Crippen LogP contribution in [-0.2, 0) is 14.4 Å². The quantitative estimate of drug-likeness (QED) is 0.345. The van der Waals surface area contributed by atoms with Gasteiger partial charge in [-0.3, -0.25) is 14.5 Å². The maximum Gasteiger partial charge on any atom is 0.341 e. The number of nitrogens with zero attached hydrogens (tertiary/aromatic N) is 1. The molecule has 27 heavy (non-hydrogen) atoms. The summed E-state index contributed by atoms with van der Waals surface area (Å²) < 4.78 is 5.70. The lowest BCUT2D eigenvalue weighted by molar-refractivity contribution is -0.139. The van der Waals surface area contributed by atoms with Crippen LogP contribution in [0, 0.1) is 0 Å². The zero-order chi connectivity index (χ0) is 19.8. The van der Waals surface area contributed by atoms with Crippen LogP contribution in [0.5, 0.6) is 5.75 Å². The third-order valence-corrected chi connectivity index (χ3v) is 5.08. The minimum Gasteiger partial charge on any atom is -0.481 e. The molecule has 1 aromatic rings. The number of aliphatic carboxylic acids is 2. The van der Waals surface area contributed by atoms with E-state index in [0.717, 1.165) is 0 Å². The van der Waals surface area contributed by atoms with Gasteiger partial charge in [-0.1, -0.05) is 48.6 Å². The van der Waals surface area contributed by atoms with Crippen molar-refractivity contribution in [2.45, 2.75) is 25.7 Å². The van der Waals surface area contributed by atoms with Crippen LogP contribution < -0.4 is 4.74 Å². The molecule has 144 valence electrons. The Balaban J connectivity index is 2.01. The van der Waals surface area contributed by atoms with Crippen LogP contribution in [0.25, 0.3) is 6.08 Å². The highest BCUT2D eigenvalue weighted by Crippen LogP contribution is 2.34. The molecular weight excluding hydrogens is 390 g/mol. The van der Waals surface area contributed by atoms with E-state index in [2.05, 4.69) is 0 Å². The van der Waals surface area contributed by atoms with E-state index < -0.39 is 18.5 Å². The molecule has 0 aromatic heterocycles. The molecule has 9 heteroatoms. The second kappa shape index (κ2) is 10.1.